The lowest BCUT2D eigenvalue weighted by atomic mass is 9.88. The number of hydrogen-bond donors (Lipinski definition) is 0. The number of carbonyl (C=O) groups excluding carboxylic acids is 1. The fourth-order valence-electron chi connectivity index (χ4n) is 2.73. The number of halogens is 2. The molecule has 1 amide bonds. The molecule has 1 aliphatic heterocycles. The number of carbonyl (C=O) groups is 1. The van der Waals surface area contributed by atoms with Gasteiger partial charge >= 0.3 is 0 Å². The molecule has 0 saturated heterocycles. The van der Waals surface area contributed by atoms with Crippen molar-refractivity contribution in [2.75, 3.05) is 7.05 Å². The number of fused-ring (bicyclic) bond motifs is 1. The summed E-state index contributed by atoms with van der Waals surface area (Å²) in [5.74, 6) is -0.922. The maximum absolute atomic E-state index is 13.9. The third kappa shape index (κ3) is 1.97. The van der Waals surface area contributed by atoms with Crippen molar-refractivity contribution >= 4 is 5.91 Å². The molecular weight excluding hydrogens is 260 g/mol. The SMILES string of the molecule is CN1C(=O)Cc2c(F)cccc2[C@H]1c1cccc(F)c1. The van der Waals surface area contributed by atoms with Crippen LogP contribution < -0.4 is 0 Å². The zero-order valence-electron chi connectivity index (χ0n) is 10.9. The van der Waals surface area contributed by atoms with Gasteiger partial charge in [0.2, 0.25) is 5.91 Å². The predicted molar refractivity (Wildman–Crippen MR) is 71.1 cm³/mol. The van der Waals surface area contributed by atoms with E-state index in [0.717, 1.165) is 5.56 Å². The predicted octanol–water partition coefficient (Wildman–Crippen LogP) is 3.07. The number of benzene rings is 2. The van der Waals surface area contributed by atoms with Crippen molar-refractivity contribution in [1.82, 2.24) is 4.90 Å². The topological polar surface area (TPSA) is 20.3 Å². The highest BCUT2D eigenvalue weighted by molar-refractivity contribution is 5.82. The number of hydrogen-bond acceptors (Lipinski definition) is 1. The minimum absolute atomic E-state index is 0.0460. The summed E-state index contributed by atoms with van der Waals surface area (Å²) in [6.07, 6.45) is 0.0460. The van der Waals surface area contributed by atoms with Gasteiger partial charge in [0.05, 0.1) is 12.5 Å². The maximum Gasteiger partial charge on any atom is 0.227 e. The molecule has 1 aliphatic rings. The van der Waals surface area contributed by atoms with E-state index >= 15 is 0 Å². The van der Waals surface area contributed by atoms with Gasteiger partial charge in [-0.3, -0.25) is 4.79 Å². The van der Waals surface area contributed by atoms with E-state index in [4.69, 9.17) is 0 Å². The number of rotatable bonds is 1. The first-order chi connectivity index (χ1) is 9.58. The van der Waals surface area contributed by atoms with Crippen LogP contribution in [0.2, 0.25) is 0 Å². The van der Waals surface area contributed by atoms with Crippen molar-refractivity contribution in [3.8, 4) is 0 Å². The van der Waals surface area contributed by atoms with Crippen LogP contribution in [-0.2, 0) is 11.2 Å². The molecule has 0 bridgehead atoms. The Bertz CT molecular complexity index is 684. The average molecular weight is 273 g/mol. The fourth-order valence-corrected chi connectivity index (χ4v) is 2.73. The van der Waals surface area contributed by atoms with Gasteiger partial charge in [-0.2, -0.15) is 0 Å². The zero-order chi connectivity index (χ0) is 14.3. The Hall–Kier alpha value is -2.23. The van der Waals surface area contributed by atoms with E-state index in [0.29, 0.717) is 11.1 Å². The molecule has 1 heterocycles. The molecule has 2 aromatic carbocycles. The summed E-state index contributed by atoms with van der Waals surface area (Å²) < 4.78 is 27.3. The van der Waals surface area contributed by atoms with Crippen molar-refractivity contribution in [3.63, 3.8) is 0 Å². The Kier molecular flexibility index (Phi) is 3.01. The van der Waals surface area contributed by atoms with Crippen LogP contribution in [0.25, 0.3) is 0 Å². The molecule has 0 saturated carbocycles. The maximum atomic E-state index is 13.9. The third-order valence-electron chi connectivity index (χ3n) is 3.72. The number of nitrogens with zero attached hydrogens (tertiary/aromatic N) is 1. The first kappa shape index (κ1) is 12.8. The molecule has 2 aromatic rings. The van der Waals surface area contributed by atoms with Gasteiger partial charge in [0, 0.05) is 12.6 Å². The van der Waals surface area contributed by atoms with Crippen LogP contribution in [0.3, 0.4) is 0 Å². The zero-order valence-corrected chi connectivity index (χ0v) is 10.9. The van der Waals surface area contributed by atoms with Crippen LogP contribution >= 0.6 is 0 Å². The summed E-state index contributed by atoms with van der Waals surface area (Å²) in [6.45, 7) is 0. The molecule has 2 nitrogen and oxygen atoms in total. The lowest BCUT2D eigenvalue weighted by Gasteiger charge is -2.35. The minimum atomic E-state index is -0.447. The highest BCUT2D eigenvalue weighted by Crippen LogP contribution is 2.35. The Morgan fingerprint density at radius 2 is 1.90 bits per heavy atom. The summed E-state index contributed by atoms with van der Waals surface area (Å²) in [7, 11) is 1.66. The molecule has 0 aromatic heterocycles. The number of amides is 1. The molecule has 0 N–H and O–H groups in total. The van der Waals surface area contributed by atoms with Gasteiger partial charge in [-0.15, -0.1) is 0 Å². The number of likely N-dealkylation sites (N-methyl/N-ethyl adjacent to an activating group) is 1. The second-order valence-corrected chi connectivity index (χ2v) is 4.95. The van der Waals surface area contributed by atoms with E-state index in [9.17, 15) is 13.6 Å². The third-order valence-corrected chi connectivity index (χ3v) is 3.72. The van der Waals surface area contributed by atoms with E-state index in [2.05, 4.69) is 0 Å². The van der Waals surface area contributed by atoms with Gasteiger partial charge in [0.1, 0.15) is 11.6 Å². The highest BCUT2D eigenvalue weighted by atomic mass is 19.1. The Morgan fingerprint density at radius 1 is 1.15 bits per heavy atom. The molecule has 20 heavy (non-hydrogen) atoms. The van der Waals surface area contributed by atoms with Crippen LogP contribution in [0.5, 0.6) is 0 Å². The van der Waals surface area contributed by atoms with Crippen molar-refractivity contribution in [3.05, 3.63) is 70.8 Å². The minimum Gasteiger partial charge on any atom is -0.334 e. The first-order valence-corrected chi connectivity index (χ1v) is 6.36. The van der Waals surface area contributed by atoms with Gasteiger partial charge < -0.3 is 4.90 Å². The van der Waals surface area contributed by atoms with E-state index in [1.54, 1.807) is 31.3 Å². The highest BCUT2D eigenvalue weighted by Gasteiger charge is 2.32. The van der Waals surface area contributed by atoms with E-state index in [1.165, 1.54) is 23.1 Å². The van der Waals surface area contributed by atoms with Gasteiger partial charge in [0.15, 0.2) is 0 Å². The molecule has 3 rings (SSSR count). The van der Waals surface area contributed by atoms with Gasteiger partial charge in [0.25, 0.3) is 0 Å². The summed E-state index contributed by atoms with van der Waals surface area (Å²) in [6, 6.07) is 10.4. The normalized spacial score (nSPS) is 18.1. The monoisotopic (exact) mass is 273 g/mol. The van der Waals surface area contributed by atoms with Crippen LogP contribution in [0.4, 0.5) is 8.78 Å². The molecule has 0 fully saturated rings. The van der Waals surface area contributed by atoms with Crippen LogP contribution in [0, 0.1) is 11.6 Å². The lowest BCUT2D eigenvalue weighted by Crippen LogP contribution is -2.38. The summed E-state index contributed by atoms with van der Waals surface area (Å²) in [5.41, 5.74) is 1.77. The smallest absolute Gasteiger partial charge is 0.227 e. The van der Waals surface area contributed by atoms with Gasteiger partial charge in [-0.1, -0.05) is 24.3 Å². The van der Waals surface area contributed by atoms with Gasteiger partial charge in [-0.05, 0) is 29.3 Å². The molecule has 0 unspecified atom stereocenters. The largest absolute Gasteiger partial charge is 0.334 e. The van der Waals surface area contributed by atoms with Crippen LogP contribution in [0.1, 0.15) is 22.7 Å². The van der Waals surface area contributed by atoms with Crippen molar-refractivity contribution in [2.45, 2.75) is 12.5 Å². The Balaban J connectivity index is 2.19. The second-order valence-electron chi connectivity index (χ2n) is 4.95. The molecule has 4 heteroatoms. The second kappa shape index (κ2) is 4.71. The Labute approximate surface area is 115 Å². The molecule has 0 spiro atoms. The average Bonchev–Trinajstić information content (AvgIpc) is 2.41. The van der Waals surface area contributed by atoms with E-state index < -0.39 is 6.04 Å². The first-order valence-electron chi connectivity index (χ1n) is 6.36. The molecule has 0 aliphatic carbocycles. The van der Waals surface area contributed by atoms with E-state index in [-0.39, 0.29) is 24.0 Å². The summed E-state index contributed by atoms with van der Waals surface area (Å²) in [5, 5.41) is 0. The van der Waals surface area contributed by atoms with Crippen LogP contribution in [0.15, 0.2) is 42.5 Å². The fraction of sp³-hybridized carbons (Fsp3) is 0.188. The molecular formula is C16H13F2NO. The van der Waals surface area contributed by atoms with Crippen molar-refractivity contribution < 1.29 is 13.6 Å². The molecule has 1 atom stereocenters. The molecule has 0 radical (unpaired) electrons. The molecule has 102 valence electrons. The summed E-state index contributed by atoms with van der Waals surface area (Å²) >= 11 is 0. The standard InChI is InChI=1S/C16H13F2NO/c1-19-15(20)9-13-12(6-3-7-14(13)18)16(19)10-4-2-5-11(17)8-10/h2-8,16H,9H2,1H3/t16-/m1/s1. The lowest BCUT2D eigenvalue weighted by molar-refractivity contribution is -0.131. The van der Waals surface area contributed by atoms with Crippen LogP contribution in [-0.4, -0.2) is 17.9 Å². The van der Waals surface area contributed by atoms with Gasteiger partial charge in [-0.25, -0.2) is 8.78 Å². The quantitative estimate of drug-likeness (QED) is 0.782. The van der Waals surface area contributed by atoms with Crippen molar-refractivity contribution in [2.24, 2.45) is 0 Å². The summed E-state index contributed by atoms with van der Waals surface area (Å²) in [4.78, 5) is 13.6. The van der Waals surface area contributed by atoms with Crippen molar-refractivity contribution in [1.29, 1.82) is 0 Å². The Morgan fingerprint density at radius 3 is 2.65 bits per heavy atom. The van der Waals surface area contributed by atoms with E-state index in [1.807, 2.05) is 0 Å².